The number of rotatable bonds is 6. The van der Waals surface area contributed by atoms with Crippen molar-refractivity contribution in [3.05, 3.63) is 11.7 Å². The number of nitrogens with zero attached hydrogens (tertiary/aromatic N) is 2. The molecule has 0 spiro atoms. The Hall–Kier alpha value is -0.940. The zero-order chi connectivity index (χ0) is 9.52. The summed E-state index contributed by atoms with van der Waals surface area (Å²) < 4.78 is 4.90. The van der Waals surface area contributed by atoms with Gasteiger partial charge in [-0.05, 0) is 26.3 Å². The minimum atomic E-state index is 0.251. The number of hydrogen-bond acceptors (Lipinski definition) is 5. The summed E-state index contributed by atoms with van der Waals surface area (Å²) in [7, 11) is 0. The summed E-state index contributed by atoms with van der Waals surface area (Å²) in [6.07, 6.45) is 1.79. The summed E-state index contributed by atoms with van der Waals surface area (Å²) in [6, 6.07) is 0. The molecule has 0 aliphatic carbocycles. The third-order valence-corrected chi connectivity index (χ3v) is 1.61. The van der Waals surface area contributed by atoms with Crippen molar-refractivity contribution in [1.29, 1.82) is 0 Å². The zero-order valence-corrected chi connectivity index (χ0v) is 7.79. The van der Waals surface area contributed by atoms with Crippen LogP contribution in [0.25, 0.3) is 0 Å². The predicted octanol–water partition coefficient (Wildman–Crippen LogP) is 0.240. The molecule has 1 aromatic heterocycles. The lowest BCUT2D eigenvalue weighted by molar-refractivity contribution is 0.283. The van der Waals surface area contributed by atoms with Gasteiger partial charge in [0.05, 0.1) is 6.54 Å². The fourth-order valence-corrected chi connectivity index (χ4v) is 0.969. The molecule has 5 heteroatoms. The highest BCUT2D eigenvalue weighted by Crippen LogP contribution is 1.94. The molecular formula is C8H15N3O2. The highest BCUT2D eigenvalue weighted by atomic mass is 16.5. The number of nitrogens with one attached hydrogen (secondary N) is 1. The quantitative estimate of drug-likeness (QED) is 0.621. The minimum absolute atomic E-state index is 0.251. The van der Waals surface area contributed by atoms with E-state index in [-0.39, 0.29) is 6.61 Å². The Morgan fingerprint density at radius 2 is 2.31 bits per heavy atom. The third-order valence-electron chi connectivity index (χ3n) is 1.61. The summed E-state index contributed by atoms with van der Waals surface area (Å²) in [4.78, 5) is 4.04. The molecule has 0 unspecified atom stereocenters. The van der Waals surface area contributed by atoms with Crippen molar-refractivity contribution in [1.82, 2.24) is 15.5 Å². The lowest BCUT2D eigenvalue weighted by Crippen LogP contribution is -2.15. The number of unbranched alkanes of at least 4 members (excludes halogenated alkanes) is 1. The molecule has 0 saturated heterocycles. The van der Waals surface area contributed by atoms with E-state index in [2.05, 4.69) is 15.5 Å². The third kappa shape index (κ3) is 4.00. The SMILES string of the molecule is Cc1noc(CNCCCCO)n1. The van der Waals surface area contributed by atoms with E-state index in [1.807, 2.05) is 0 Å². The molecule has 0 aliphatic heterocycles. The van der Waals surface area contributed by atoms with Crippen molar-refractivity contribution >= 4 is 0 Å². The van der Waals surface area contributed by atoms with Gasteiger partial charge in [0.2, 0.25) is 5.89 Å². The van der Waals surface area contributed by atoms with Gasteiger partial charge in [-0.25, -0.2) is 0 Å². The minimum Gasteiger partial charge on any atom is -0.396 e. The van der Waals surface area contributed by atoms with Gasteiger partial charge < -0.3 is 14.9 Å². The first-order valence-electron chi connectivity index (χ1n) is 4.43. The molecule has 0 saturated carbocycles. The molecule has 0 fully saturated rings. The number of aliphatic hydroxyl groups is 1. The van der Waals surface area contributed by atoms with Crippen LogP contribution < -0.4 is 5.32 Å². The normalized spacial score (nSPS) is 10.6. The largest absolute Gasteiger partial charge is 0.396 e. The smallest absolute Gasteiger partial charge is 0.240 e. The molecule has 1 heterocycles. The first-order valence-corrected chi connectivity index (χ1v) is 4.43. The average Bonchev–Trinajstić information content (AvgIpc) is 2.51. The maximum absolute atomic E-state index is 8.52. The number of aryl methyl sites for hydroxylation is 1. The number of aromatic nitrogens is 2. The Kier molecular flexibility index (Phi) is 4.42. The Balaban J connectivity index is 2.06. The van der Waals surface area contributed by atoms with E-state index in [1.165, 1.54) is 0 Å². The van der Waals surface area contributed by atoms with E-state index < -0.39 is 0 Å². The van der Waals surface area contributed by atoms with E-state index >= 15 is 0 Å². The van der Waals surface area contributed by atoms with Crippen LogP contribution in [0.5, 0.6) is 0 Å². The van der Waals surface area contributed by atoms with Crippen molar-refractivity contribution in [2.45, 2.75) is 26.3 Å². The van der Waals surface area contributed by atoms with Gasteiger partial charge >= 0.3 is 0 Å². The zero-order valence-electron chi connectivity index (χ0n) is 7.79. The molecule has 0 aromatic carbocycles. The Morgan fingerprint density at radius 1 is 1.46 bits per heavy atom. The maximum atomic E-state index is 8.52. The molecule has 0 aliphatic rings. The number of aliphatic hydroxyl groups excluding tert-OH is 1. The topological polar surface area (TPSA) is 71.2 Å². The molecule has 1 rings (SSSR count). The van der Waals surface area contributed by atoms with Gasteiger partial charge in [0.15, 0.2) is 5.82 Å². The van der Waals surface area contributed by atoms with Crippen molar-refractivity contribution in [2.24, 2.45) is 0 Å². The van der Waals surface area contributed by atoms with Crippen LogP contribution in [0.15, 0.2) is 4.52 Å². The second-order valence-corrected chi connectivity index (χ2v) is 2.84. The van der Waals surface area contributed by atoms with E-state index in [9.17, 15) is 0 Å². The highest BCUT2D eigenvalue weighted by Gasteiger charge is 2.00. The molecular weight excluding hydrogens is 170 g/mol. The van der Waals surface area contributed by atoms with Crippen LogP contribution in [0.1, 0.15) is 24.6 Å². The fraction of sp³-hybridized carbons (Fsp3) is 0.750. The predicted molar refractivity (Wildman–Crippen MR) is 47.1 cm³/mol. The van der Waals surface area contributed by atoms with Crippen LogP contribution in [0, 0.1) is 6.92 Å². The van der Waals surface area contributed by atoms with Crippen molar-refractivity contribution in [2.75, 3.05) is 13.2 Å². The van der Waals surface area contributed by atoms with Crippen LogP contribution in [-0.4, -0.2) is 28.4 Å². The summed E-state index contributed by atoms with van der Waals surface area (Å²) in [5.74, 6) is 1.27. The second-order valence-electron chi connectivity index (χ2n) is 2.84. The highest BCUT2D eigenvalue weighted by molar-refractivity contribution is 4.81. The fourth-order valence-electron chi connectivity index (χ4n) is 0.969. The Bertz CT molecular complexity index is 237. The monoisotopic (exact) mass is 185 g/mol. The summed E-state index contributed by atoms with van der Waals surface area (Å²) in [6.45, 7) is 3.51. The Labute approximate surface area is 77.2 Å². The molecule has 2 N–H and O–H groups in total. The molecule has 0 atom stereocenters. The van der Waals surface area contributed by atoms with E-state index in [0.29, 0.717) is 18.3 Å². The van der Waals surface area contributed by atoms with Crippen LogP contribution in [0.2, 0.25) is 0 Å². The molecule has 5 nitrogen and oxygen atoms in total. The summed E-state index contributed by atoms with van der Waals surface area (Å²) >= 11 is 0. The average molecular weight is 185 g/mol. The van der Waals surface area contributed by atoms with E-state index in [0.717, 1.165) is 19.4 Å². The van der Waals surface area contributed by atoms with Gasteiger partial charge in [-0.3, -0.25) is 0 Å². The maximum Gasteiger partial charge on any atom is 0.240 e. The Morgan fingerprint density at radius 3 is 2.92 bits per heavy atom. The lowest BCUT2D eigenvalue weighted by atomic mass is 10.3. The first kappa shape index (κ1) is 10.1. The first-order chi connectivity index (χ1) is 6.33. The molecule has 74 valence electrons. The van der Waals surface area contributed by atoms with Crippen LogP contribution in [0.4, 0.5) is 0 Å². The van der Waals surface area contributed by atoms with E-state index in [4.69, 9.17) is 9.63 Å². The van der Waals surface area contributed by atoms with Crippen molar-refractivity contribution in [3.8, 4) is 0 Å². The van der Waals surface area contributed by atoms with Gasteiger partial charge in [0.1, 0.15) is 0 Å². The molecule has 0 radical (unpaired) electrons. The standard InChI is InChI=1S/C8H15N3O2/c1-7-10-8(13-11-7)6-9-4-2-3-5-12/h9,12H,2-6H2,1H3. The molecule has 1 aromatic rings. The van der Waals surface area contributed by atoms with Gasteiger partial charge in [-0.1, -0.05) is 5.16 Å². The molecule has 0 amide bonds. The van der Waals surface area contributed by atoms with Gasteiger partial charge in [-0.2, -0.15) is 4.98 Å². The van der Waals surface area contributed by atoms with Crippen LogP contribution in [-0.2, 0) is 6.54 Å². The van der Waals surface area contributed by atoms with E-state index in [1.54, 1.807) is 6.92 Å². The lowest BCUT2D eigenvalue weighted by Gasteiger charge is -1.98. The summed E-state index contributed by atoms with van der Waals surface area (Å²) in [5.41, 5.74) is 0. The molecule has 13 heavy (non-hydrogen) atoms. The summed E-state index contributed by atoms with van der Waals surface area (Å²) in [5, 5.41) is 15.3. The van der Waals surface area contributed by atoms with Gasteiger partial charge in [0.25, 0.3) is 0 Å². The van der Waals surface area contributed by atoms with Gasteiger partial charge in [0, 0.05) is 6.61 Å². The number of hydrogen-bond donors (Lipinski definition) is 2. The van der Waals surface area contributed by atoms with Crippen molar-refractivity contribution < 1.29 is 9.63 Å². The molecule has 0 bridgehead atoms. The van der Waals surface area contributed by atoms with Crippen LogP contribution in [0.3, 0.4) is 0 Å². The van der Waals surface area contributed by atoms with Crippen molar-refractivity contribution in [3.63, 3.8) is 0 Å². The van der Waals surface area contributed by atoms with Crippen LogP contribution >= 0.6 is 0 Å². The second kappa shape index (κ2) is 5.66. The van der Waals surface area contributed by atoms with Gasteiger partial charge in [-0.15, -0.1) is 0 Å².